The average Bonchev–Trinajstić information content (AvgIpc) is 3.32. The fraction of sp³-hybridized carbons (Fsp3) is 0.600. The van der Waals surface area contributed by atoms with Crippen LogP contribution in [0.2, 0.25) is 5.02 Å². The zero-order valence-corrected chi connectivity index (χ0v) is 16.5. The molecular formula is C20H25ClN4O3. The summed E-state index contributed by atoms with van der Waals surface area (Å²) in [4.78, 5) is 17.0. The number of nitrogens with zero attached hydrogens (tertiary/aromatic N) is 1. The van der Waals surface area contributed by atoms with Crippen LogP contribution in [0.25, 0.3) is 11.1 Å². The Morgan fingerprint density at radius 1 is 1.32 bits per heavy atom. The van der Waals surface area contributed by atoms with Crippen LogP contribution in [0.3, 0.4) is 0 Å². The Morgan fingerprint density at radius 2 is 2.18 bits per heavy atom. The van der Waals surface area contributed by atoms with E-state index in [0.717, 1.165) is 68.5 Å². The Kier molecular flexibility index (Phi) is 4.69. The van der Waals surface area contributed by atoms with Gasteiger partial charge in [0.05, 0.1) is 29.4 Å². The normalized spacial score (nSPS) is 23.6. The fourth-order valence-electron chi connectivity index (χ4n) is 4.82. The lowest BCUT2D eigenvalue weighted by atomic mass is 9.74. The van der Waals surface area contributed by atoms with Crippen LogP contribution in [0.15, 0.2) is 10.5 Å². The van der Waals surface area contributed by atoms with Crippen molar-refractivity contribution >= 4 is 34.4 Å². The summed E-state index contributed by atoms with van der Waals surface area (Å²) in [7, 11) is 0. The molecule has 2 fully saturated rings. The lowest BCUT2D eigenvalue weighted by molar-refractivity contribution is 0.185. The van der Waals surface area contributed by atoms with Gasteiger partial charge in [0, 0.05) is 18.7 Å². The van der Waals surface area contributed by atoms with Gasteiger partial charge in [0.15, 0.2) is 5.58 Å². The number of urea groups is 1. The van der Waals surface area contributed by atoms with E-state index >= 15 is 0 Å². The summed E-state index contributed by atoms with van der Waals surface area (Å²) in [5.74, 6) is 1.19. The topological polar surface area (TPSA) is 88.4 Å². The molecule has 7 nitrogen and oxygen atoms in total. The van der Waals surface area contributed by atoms with E-state index in [0.29, 0.717) is 29.1 Å². The summed E-state index contributed by atoms with van der Waals surface area (Å²) in [5, 5.41) is 9.99. The number of carbonyl (C=O) groups is 1. The van der Waals surface area contributed by atoms with E-state index in [4.69, 9.17) is 20.8 Å². The van der Waals surface area contributed by atoms with E-state index < -0.39 is 5.54 Å². The van der Waals surface area contributed by atoms with Crippen molar-refractivity contribution in [3.8, 4) is 0 Å². The summed E-state index contributed by atoms with van der Waals surface area (Å²) < 4.78 is 11.6. The number of aromatic nitrogens is 1. The van der Waals surface area contributed by atoms with Gasteiger partial charge < -0.3 is 25.1 Å². The van der Waals surface area contributed by atoms with Crippen LogP contribution in [-0.4, -0.2) is 30.8 Å². The maximum absolute atomic E-state index is 12.3. The molecule has 1 spiro atoms. The first-order valence-corrected chi connectivity index (χ1v) is 10.5. The molecule has 8 heteroatoms. The van der Waals surface area contributed by atoms with Crippen LogP contribution in [0.4, 0.5) is 10.5 Å². The highest BCUT2D eigenvalue weighted by molar-refractivity contribution is 6.35. The number of hydrogen-bond donors (Lipinski definition) is 3. The fourth-order valence-corrected chi connectivity index (χ4v) is 5.06. The largest absolute Gasteiger partial charge is 0.439 e. The molecule has 2 aliphatic heterocycles. The van der Waals surface area contributed by atoms with Crippen molar-refractivity contribution in [3.05, 3.63) is 22.5 Å². The van der Waals surface area contributed by atoms with Crippen molar-refractivity contribution in [1.82, 2.24) is 15.6 Å². The molecule has 5 rings (SSSR count). The lowest BCUT2D eigenvalue weighted by Gasteiger charge is -2.42. The molecule has 3 aliphatic rings. The maximum Gasteiger partial charge on any atom is 0.319 e. The number of anilines is 1. The Morgan fingerprint density at radius 3 is 2.96 bits per heavy atom. The van der Waals surface area contributed by atoms with E-state index in [2.05, 4.69) is 20.9 Å². The third-order valence-electron chi connectivity index (χ3n) is 6.19. The smallest absolute Gasteiger partial charge is 0.319 e. The minimum Gasteiger partial charge on any atom is -0.439 e. The molecule has 1 aliphatic carbocycles. The molecule has 2 amide bonds. The molecule has 2 aromatic rings. The van der Waals surface area contributed by atoms with Crippen LogP contribution in [0.1, 0.15) is 50.0 Å². The first kappa shape index (κ1) is 18.2. The van der Waals surface area contributed by atoms with Gasteiger partial charge in [-0.05, 0) is 31.2 Å². The predicted molar refractivity (Wildman–Crippen MR) is 107 cm³/mol. The molecule has 1 aromatic heterocycles. The van der Waals surface area contributed by atoms with Crippen molar-refractivity contribution in [2.75, 3.05) is 25.1 Å². The zero-order valence-electron chi connectivity index (χ0n) is 15.8. The number of hydrogen-bond acceptors (Lipinski definition) is 5. The van der Waals surface area contributed by atoms with Crippen LogP contribution in [-0.2, 0) is 16.8 Å². The standard InChI is InChI=1S/C20H25ClN4O3/c21-13-8-14-18(28-15(23-14)10-22-9-12-4-7-27-11-12)16-17(13)24-19(26)25-20(16)5-2-1-3-6-20/h8,12,22H,1-7,9-11H2,(H2,24,25,26)/t12-/m0/s1. The van der Waals surface area contributed by atoms with Crippen molar-refractivity contribution in [3.63, 3.8) is 0 Å². The third kappa shape index (κ3) is 3.15. The Hall–Kier alpha value is -1.83. The molecule has 1 aromatic carbocycles. The van der Waals surface area contributed by atoms with Crippen molar-refractivity contribution in [2.24, 2.45) is 5.92 Å². The number of fused-ring (bicyclic) bond motifs is 4. The minimum atomic E-state index is -0.426. The number of ether oxygens (including phenoxy) is 1. The summed E-state index contributed by atoms with van der Waals surface area (Å²) >= 11 is 6.53. The molecule has 1 saturated carbocycles. The molecule has 28 heavy (non-hydrogen) atoms. The van der Waals surface area contributed by atoms with Gasteiger partial charge in [-0.3, -0.25) is 0 Å². The van der Waals surface area contributed by atoms with Gasteiger partial charge in [-0.25, -0.2) is 9.78 Å². The molecule has 150 valence electrons. The molecule has 0 radical (unpaired) electrons. The first-order chi connectivity index (χ1) is 13.6. The highest BCUT2D eigenvalue weighted by atomic mass is 35.5. The van der Waals surface area contributed by atoms with E-state index in [9.17, 15) is 4.79 Å². The number of oxazole rings is 1. The monoisotopic (exact) mass is 404 g/mol. The summed E-state index contributed by atoms with van der Waals surface area (Å²) in [5.41, 5.74) is 2.67. The average molecular weight is 405 g/mol. The second-order valence-corrected chi connectivity index (χ2v) is 8.55. The molecule has 3 N–H and O–H groups in total. The minimum absolute atomic E-state index is 0.198. The molecule has 1 saturated heterocycles. The molecule has 0 unspecified atom stereocenters. The number of halogens is 1. The van der Waals surface area contributed by atoms with Crippen LogP contribution >= 0.6 is 11.6 Å². The van der Waals surface area contributed by atoms with Gasteiger partial charge in [0.1, 0.15) is 5.52 Å². The molecular weight excluding hydrogens is 380 g/mol. The predicted octanol–water partition coefficient (Wildman–Crippen LogP) is 3.90. The summed E-state index contributed by atoms with van der Waals surface area (Å²) in [6, 6.07) is 1.59. The Balaban J connectivity index is 1.49. The van der Waals surface area contributed by atoms with E-state index in [1.165, 1.54) is 6.42 Å². The Labute approximate surface area is 168 Å². The van der Waals surface area contributed by atoms with Gasteiger partial charge in [-0.1, -0.05) is 30.9 Å². The maximum atomic E-state index is 12.3. The van der Waals surface area contributed by atoms with Crippen LogP contribution in [0.5, 0.6) is 0 Å². The van der Waals surface area contributed by atoms with Gasteiger partial charge in [0.2, 0.25) is 5.89 Å². The highest BCUT2D eigenvalue weighted by Crippen LogP contribution is 2.48. The number of nitrogens with one attached hydrogen (secondary N) is 3. The summed E-state index contributed by atoms with van der Waals surface area (Å²) in [6.45, 7) is 3.11. The zero-order chi connectivity index (χ0) is 19.1. The Bertz CT molecular complexity index is 900. The number of carbonyl (C=O) groups excluding carboxylic acids is 1. The van der Waals surface area contributed by atoms with Crippen molar-refractivity contribution in [2.45, 2.75) is 50.6 Å². The van der Waals surface area contributed by atoms with E-state index in [1.807, 2.05) is 0 Å². The van der Waals surface area contributed by atoms with Crippen molar-refractivity contribution in [1.29, 1.82) is 0 Å². The van der Waals surface area contributed by atoms with Gasteiger partial charge in [0.25, 0.3) is 0 Å². The SMILES string of the molecule is O=C1Nc2c(Cl)cc3nc(CNC[C@@H]4CCOC4)oc3c2C2(CCCCC2)N1. The molecule has 3 heterocycles. The van der Waals surface area contributed by atoms with Crippen molar-refractivity contribution < 1.29 is 13.9 Å². The molecule has 0 bridgehead atoms. The van der Waals surface area contributed by atoms with E-state index in [1.54, 1.807) is 6.07 Å². The quantitative estimate of drug-likeness (QED) is 0.719. The summed E-state index contributed by atoms with van der Waals surface area (Å²) in [6.07, 6.45) is 6.19. The lowest BCUT2D eigenvalue weighted by Crippen LogP contribution is -2.52. The van der Waals surface area contributed by atoms with E-state index in [-0.39, 0.29) is 6.03 Å². The van der Waals surface area contributed by atoms with Crippen LogP contribution in [0, 0.1) is 5.92 Å². The second kappa shape index (κ2) is 7.21. The highest BCUT2D eigenvalue weighted by Gasteiger charge is 2.44. The van der Waals surface area contributed by atoms with Crippen LogP contribution < -0.4 is 16.0 Å². The van der Waals surface area contributed by atoms with Gasteiger partial charge in [-0.2, -0.15) is 0 Å². The second-order valence-electron chi connectivity index (χ2n) is 8.15. The van der Waals surface area contributed by atoms with Gasteiger partial charge >= 0.3 is 6.03 Å². The van der Waals surface area contributed by atoms with Gasteiger partial charge in [-0.15, -0.1) is 0 Å². The molecule has 1 atom stereocenters. The third-order valence-corrected chi connectivity index (χ3v) is 6.49. The number of benzene rings is 1. The first-order valence-electron chi connectivity index (χ1n) is 10.1. The number of rotatable bonds is 4. The number of amides is 2.